The SMILES string of the molecule is NS(=O)(=O)C(c1ccc(F)cc1C(F)(F)F)C(F)(F)F. The van der Waals surface area contributed by atoms with Crippen LogP contribution in [0.15, 0.2) is 18.2 Å². The molecule has 2 N–H and O–H groups in total. The van der Waals surface area contributed by atoms with Crippen molar-refractivity contribution < 1.29 is 39.2 Å². The van der Waals surface area contributed by atoms with E-state index in [9.17, 15) is 39.2 Å². The highest BCUT2D eigenvalue weighted by Crippen LogP contribution is 2.43. The van der Waals surface area contributed by atoms with Gasteiger partial charge in [0.25, 0.3) is 0 Å². The second-order valence-electron chi connectivity index (χ2n) is 3.74. The number of sulfonamides is 1. The molecular weight excluding hydrogens is 319 g/mol. The van der Waals surface area contributed by atoms with E-state index in [1.54, 1.807) is 0 Å². The number of nitrogens with two attached hydrogens (primary N) is 1. The van der Waals surface area contributed by atoms with Gasteiger partial charge in [0.1, 0.15) is 5.82 Å². The van der Waals surface area contributed by atoms with Crippen molar-refractivity contribution in [2.75, 3.05) is 0 Å². The van der Waals surface area contributed by atoms with Crippen molar-refractivity contribution in [3.63, 3.8) is 0 Å². The third kappa shape index (κ3) is 3.60. The Morgan fingerprint density at radius 2 is 1.55 bits per heavy atom. The topological polar surface area (TPSA) is 60.2 Å². The van der Waals surface area contributed by atoms with Crippen molar-refractivity contribution in [2.24, 2.45) is 5.14 Å². The summed E-state index contributed by atoms with van der Waals surface area (Å²) in [6.45, 7) is 0. The Labute approximate surface area is 108 Å². The van der Waals surface area contributed by atoms with E-state index in [0.717, 1.165) is 0 Å². The smallest absolute Gasteiger partial charge is 0.228 e. The lowest BCUT2D eigenvalue weighted by Crippen LogP contribution is -2.35. The minimum absolute atomic E-state index is 0.0979. The number of benzene rings is 1. The largest absolute Gasteiger partial charge is 0.416 e. The molecule has 1 aromatic rings. The minimum Gasteiger partial charge on any atom is -0.228 e. The molecule has 0 aliphatic heterocycles. The van der Waals surface area contributed by atoms with Crippen LogP contribution in [0, 0.1) is 5.82 Å². The fraction of sp³-hybridized carbons (Fsp3) is 0.333. The van der Waals surface area contributed by atoms with Crippen molar-refractivity contribution in [3.05, 3.63) is 35.1 Å². The van der Waals surface area contributed by atoms with Crippen LogP contribution in [0.5, 0.6) is 0 Å². The van der Waals surface area contributed by atoms with E-state index >= 15 is 0 Å². The summed E-state index contributed by atoms with van der Waals surface area (Å²) in [5, 5.41) is 0.749. The van der Waals surface area contributed by atoms with E-state index in [1.165, 1.54) is 0 Å². The normalized spacial score (nSPS) is 15.2. The average Bonchev–Trinajstić information content (AvgIpc) is 2.14. The van der Waals surface area contributed by atoms with Gasteiger partial charge in [0.15, 0.2) is 5.25 Å². The van der Waals surface area contributed by atoms with Gasteiger partial charge >= 0.3 is 12.4 Å². The second kappa shape index (κ2) is 4.88. The molecule has 0 aromatic heterocycles. The van der Waals surface area contributed by atoms with Crippen LogP contribution < -0.4 is 5.14 Å². The Morgan fingerprint density at radius 1 is 1.05 bits per heavy atom. The molecule has 0 aliphatic carbocycles. The fourth-order valence-corrected chi connectivity index (χ4v) is 2.47. The van der Waals surface area contributed by atoms with Crippen molar-refractivity contribution in [2.45, 2.75) is 17.6 Å². The quantitative estimate of drug-likeness (QED) is 0.850. The van der Waals surface area contributed by atoms with Gasteiger partial charge in [0.2, 0.25) is 10.0 Å². The number of halogens is 7. The molecule has 1 atom stereocenters. The second-order valence-corrected chi connectivity index (χ2v) is 5.39. The standard InChI is InChI=1S/C9H6F7NO2S/c10-4-1-2-5(6(3-4)8(11,12)13)7(9(14,15)16)20(17,18)19/h1-3,7H,(H2,17,18,19). The molecule has 3 nitrogen and oxygen atoms in total. The van der Waals surface area contributed by atoms with Gasteiger partial charge in [0, 0.05) is 0 Å². The Bertz CT molecular complexity index is 606. The zero-order valence-electron chi connectivity index (χ0n) is 9.26. The van der Waals surface area contributed by atoms with Crippen LogP contribution in [0.2, 0.25) is 0 Å². The molecule has 0 fully saturated rings. The first-order valence-electron chi connectivity index (χ1n) is 4.69. The summed E-state index contributed by atoms with van der Waals surface area (Å²) >= 11 is 0. The monoisotopic (exact) mass is 325 g/mol. The predicted molar refractivity (Wildman–Crippen MR) is 53.3 cm³/mol. The number of primary sulfonamides is 1. The molecule has 11 heteroatoms. The van der Waals surface area contributed by atoms with Crippen LogP contribution in [0.3, 0.4) is 0 Å². The van der Waals surface area contributed by atoms with Crippen LogP contribution >= 0.6 is 0 Å². The van der Waals surface area contributed by atoms with Crippen molar-refractivity contribution in [3.8, 4) is 0 Å². The predicted octanol–water partition coefficient (Wildman–Crippen LogP) is 2.74. The third-order valence-corrected chi connectivity index (χ3v) is 3.41. The van der Waals surface area contributed by atoms with Gasteiger partial charge in [0.05, 0.1) is 5.56 Å². The van der Waals surface area contributed by atoms with E-state index in [0.29, 0.717) is 0 Å². The molecule has 1 unspecified atom stereocenters. The summed E-state index contributed by atoms with van der Waals surface area (Å²) in [6.07, 6.45) is -10.9. The van der Waals surface area contributed by atoms with Gasteiger partial charge in [-0.25, -0.2) is 17.9 Å². The first-order chi connectivity index (χ1) is 8.74. The molecule has 1 aromatic carbocycles. The van der Waals surface area contributed by atoms with Crippen molar-refractivity contribution >= 4 is 10.0 Å². The zero-order valence-corrected chi connectivity index (χ0v) is 10.1. The van der Waals surface area contributed by atoms with Crippen LogP contribution in [0.25, 0.3) is 0 Å². The van der Waals surface area contributed by atoms with Gasteiger partial charge in [-0.05, 0) is 17.7 Å². The molecule has 0 radical (unpaired) electrons. The summed E-state index contributed by atoms with van der Waals surface area (Å²) in [7, 11) is -5.42. The molecule has 0 heterocycles. The Kier molecular flexibility index (Phi) is 4.07. The molecule has 0 aliphatic rings. The van der Waals surface area contributed by atoms with Gasteiger partial charge in [-0.15, -0.1) is 0 Å². The van der Waals surface area contributed by atoms with Crippen molar-refractivity contribution in [1.29, 1.82) is 0 Å². The molecule has 0 saturated carbocycles. The number of alkyl halides is 6. The Morgan fingerprint density at radius 3 is 1.90 bits per heavy atom. The van der Waals surface area contributed by atoms with E-state index in [4.69, 9.17) is 0 Å². The maximum absolute atomic E-state index is 12.8. The molecule has 0 spiro atoms. The molecule has 0 saturated heterocycles. The highest BCUT2D eigenvalue weighted by atomic mass is 32.2. The first kappa shape index (κ1) is 16.7. The summed E-state index contributed by atoms with van der Waals surface area (Å²) in [5.74, 6) is -1.46. The van der Waals surface area contributed by atoms with Crippen LogP contribution in [-0.4, -0.2) is 14.6 Å². The third-order valence-electron chi connectivity index (χ3n) is 2.23. The Hall–Kier alpha value is -1.36. The molecular formula is C9H6F7NO2S. The van der Waals surface area contributed by atoms with Gasteiger partial charge in [-0.1, -0.05) is 6.07 Å². The Balaban J connectivity index is 3.67. The molecule has 114 valence electrons. The highest BCUT2D eigenvalue weighted by Gasteiger charge is 2.51. The number of rotatable bonds is 2. The molecule has 0 amide bonds. The molecule has 1 rings (SSSR count). The lowest BCUT2D eigenvalue weighted by molar-refractivity contribution is -0.145. The van der Waals surface area contributed by atoms with Crippen LogP contribution in [0.1, 0.15) is 16.4 Å². The van der Waals surface area contributed by atoms with E-state index in [1.807, 2.05) is 0 Å². The van der Waals surface area contributed by atoms with E-state index < -0.39 is 44.6 Å². The number of hydrogen-bond donors (Lipinski definition) is 1. The minimum atomic E-state index is -5.58. The maximum Gasteiger partial charge on any atom is 0.416 e. The summed E-state index contributed by atoms with van der Waals surface area (Å²) in [5.41, 5.74) is -3.72. The molecule has 0 bridgehead atoms. The van der Waals surface area contributed by atoms with Crippen LogP contribution in [0.4, 0.5) is 30.7 Å². The maximum atomic E-state index is 12.8. The van der Waals surface area contributed by atoms with Gasteiger partial charge < -0.3 is 0 Å². The van der Waals surface area contributed by atoms with Crippen LogP contribution in [-0.2, 0) is 16.2 Å². The average molecular weight is 325 g/mol. The lowest BCUT2D eigenvalue weighted by atomic mass is 10.0. The fourth-order valence-electron chi connectivity index (χ4n) is 1.54. The van der Waals surface area contributed by atoms with Gasteiger partial charge in [-0.2, -0.15) is 26.3 Å². The van der Waals surface area contributed by atoms with Crippen molar-refractivity contribution in [1.82, 2.24) is 0 Å². The highest BCUT2D eigenvalue weighted by molar-refractivity contribution is 7.89. The summed E-state index contributed by atoms with van der Waals surface area (Å²) in [4.78, 5) is 0. The van der Waals surface area contributed by atoms with E-state index in [2.05, 4.69) is 5.14 Å². The van der Waals surface area contributed by atoms with Gasteiger partial charge in [-0.3, -0.25) is 0 Å². The first-order valence-corrected chi connectivity index (χ1v) is 6.30. The summed E-state index contributed by atoms with van der Waals surface area (Å²) in [6, 6.07) is 0.161. The number of hydrogen-bond acceptors (Lipinski definition) is 2. The molecule has 20 heavy (non-hydrogen) atoms. The lowest BCUT2D eigenvalue weighted by Gasteiger charge is -2.22. The summed E-state index contributed by atoms with van der Waals surface area (Å²) < 4.78 is 110. The van der Waals surface area contributed by atoms with E-state index in [-0.39, 0.29) is 18.2 Å². The zero-order chi connectivity index (χ0) is 15.9.